The van der Waals surface area contributed by atoms with E-state index in [1.165, 1.54) is 0 Å². The van der Waals surface area contributed by atoms with Crippen LogP contribution in [0.5, 0.6) is 0 Å². The van der Waals surface area contributed by atoms with Gasteiger partial charge in [0.05, 0.1) is 16.4 Å². The minimum atomic E-state index is 0.575. The molecule has 0 bridgehead atoms. The molecular weight excluding hydrogens is 359 g/mol. The second-order valence-corrected chi connectivity index (χ2v) is 6.79. The van der Waals surface area contributed by atoms with E-state index in [9.17, 15) is 0 Å². The number of hydrogen-bond acceptors (Lipinski definition) is 2. The van der Waals surface area contributed by atoms with E-state index in [-0.39, 0.29) is 0 Å². The van der Waals surface area contributed by atoms with Crippen LogP contribution in [0.15, 0.2) is 52.8 Å². The topological polar surface area (TPSA) is 17.3 Å². The first-order valence-corrected chi connectivity index (χ1v) is 8.46. The Hall–Kier alpha value is -1.26. The van der Waals surface area contributed by atoms with Gasteiger partial charge in [-0.15, -0.1) is 11.3 Å². The lowest BCUT2D eigenvalue weighted by molar-refractivity contribution is 0.883. The minimum absolute atomic E-state index is 0.575. The molecule has 0 saturated carbocycles. The maximum absolute atomic E-state index is 6.17. The molecule has 0 spiro atoms. The summed E-state index contributed by atoms with van der Waals surface area (Å²) in [6.45, 7) is 0. The molecule has 0 aliphatic carbocycles. The van der Waals surface area contributed by atoms with Crippen molar-refractivity contribution >= 4 is 51.8 Å². The lowest BCUT2D eigenvalue weighted by Gasteiger charge is -2.03. The molecule has 0 aliphatic heterocycles. The van der Waals surface area contributed by atoms with Gasteiger partial charge >= 0.3 is 0 Å². The Morgan fingerprint density at radius 3 is 2.36 bits per heavy atom. The largest absolute Gasteiger partial charge is 0.320 e. The quantitative estimate of drug-likeness (QED) is 0.531. The van der Waals surface area contributed by atoms with Crippen LogP contribution >= 0.6 is 46.1 Å². The average Bonchev–Trinajstić information content (AvgIpc) is 2.85. The highest BCUT2D eigenvalue weighted by atomic mass is 35.5. The summed E-state index contributed by atoms with van der Waals surface area (Å²) in [5.41, 5.74) is 2.81. The summed E-state index contributed by atoms with van der Waals surface area (Å²) in [4.78, 5) is 5.45. The van der Waals surface area contributed by atoms with Crippen LogP contribution in [0, 0.1) is 0 Å². The van der Waals surface area contributed by atoms with Gasteiger partial charge in [0.2, 0.25) is 0 Å². The Bertz CT molecular complexity index is 879. The molecular formula is C16H11Cl3N2S. The predicted molar refractivity (Wildman–Crippen MR) is 95.4 cm³/mol. The van der Waals surface area contributed by atoms with Gasteiger partial charge in [0.25, 0.3) is 0 Å². The van der Waals surface area contributed by atoms with Gasteiger partial charge in [0.15, 0.2) is 4.80 Å². The van der Waals surface area contributed by atoms with Crippen molar-refractivity contribution in [1.82, 2.24) is 4.57 Å². The van der Waals surface area contributed by atoms with Crippen molar-refractivity contribution in [1.29, 1.82) is 0 Å². The third-order valence-corrected chi connectivity index (χ3v) is 4.91. The van der Waals surface area contributed by atoms with Gasteiger partial charge in [-0.2, -0.15) is 0 Å². The number of hydrogen-bond donors (Lipinski definition) is 0. The first-order valence-electron chi connectivity index (χ1n) is 6.45. The van der Waals surface area contributed by atoms with Crippen LogP contribution in [-0.4, -0.2) is 4.57 Å². The molecule has 0 radical (unpaired) electrons. The number of rotatable bonds is 2. The maximum atomic E-state index is 6.17. The van der Waals surface area contributed by atoms with E-state index < -0.39 is 0 Å². The number of halogens is 3. The Balaban J connectivity index is 2.08. The van der Waals surface area contributed by atoms with Crippen molar-refractivity contribution in [3.63, 3.8) is 0 Å². The van der Waals surface area contributed by atoms with E-state index in [0.717, 1.165) is 21.1 Å². The monoisotopic (exact) mass is 368 g/mol. The van der Waals surface area contributed by atoms with Crippen LogP contribution < -0.4 is 4.80 Å². The number of aromatic nitrogens is 1. The molecule has 6 heteroatoms. The zero-order valence-corrected chi connectivity index (χ0v) is 14.6. The lowest BCUT2D eigenvalue weighted by atomic mass is 10.2. The molecule has 1 aromatic heterocycles. The molecule has 3 aromatic rings. The van der Waals surface area contributed by atoms with E-state index in [0.29, 0.717) is 15.7 Å². The van der Waals surface area contributed by atoms with Crippen LogP contribution in [0.1, 0.15) is 0 Å². The summed E-state index contributed by atoms with van der Waals surface area (Å²) in [6.07, 6.45) is 0. The molecule has 0 saturated heterocycles. The van der Waals surface area contributed by atoms with Crippen LogP contribution in [0.25, 0.3) is 11.3 Å². The smallest absolute Gasteiger partial charge is 0.190 e. The Labute approximate surface area is 147 Å². The molecule has 0 fully saturated rings. The summed E-state index contributed by atoms with van der Waals surface area (Å²) in [6, 6.07) is 13.0. The molecule has 112 valence electrons. The fraction of sp³-hybridized carbons (Fsp3) is 0.0625. The van der Waals surface area contributed by atoms with Crippen LogP contribution in [-0.2, 0) is 7.05 Å². The molecule has 2 aromatic carbocycles. The van der Waals surface area contributed by atoms with E-state index in [1.54, 1.807) is 29.5 Å². The third kappa shape index (κ3) is 3.23. The van der Waals surface area contributed by atoms with Gasteiger partial charge in [0.1, 0.15) is 0 Å². The standard InChI is InChI=1S/C16H11Cl3N2S/c1-21-15(10-2-4-11(17)5-3-10)9-22-16(21)20-14-8-12(18)6-7-13(14)19/h2-9H,1H3. The highest BCUT2D eigenvalue weighted by molar-refractivity contribution is 7.07. The van der Waals surface area contributed by atoms with Crippen LogP contribution in [0.4, 0.5) is 5.69 Å². The first kappa shape index (κ1) is 15.6. The van der Waals surface area contributed by atoms with Crippen molar-refractivity contribution in [2.24, 2.45) is 12.0 Å². The van der Waals surface area contributed by atoms with Gasteiger partial charge in [-0.25, -0.2) is 4.99 Å². The zero-order valence-electron chi connectivity index (χ0n) is 11.6. The van der Waals surface area contributed by atoms with Gasteiger partial charge < -0.3 is 4.57 Å². The van der Waals surface area contributed by atoms with Crippen molar-refractivity contribution in [3.8, 4) is 11.3 Å². The van der Waals surface area contributed by atoms with Gasteiger partial charge in [-0.3, -0.25) is 0 Å². The van der Waals surface area contributed by atoms with E-state index in [4.69, 9.17) is 34.8 Å². The number of thiazole rings is 1. The minimum Gasteiger partial charge on any atom is -0.320 e. The predicted octanol–water partition coefficient (Wildman–Crippen LogP) is 5.95. The van der Waals surface area contributed by atoms with Gasteiger partial charge in [-0.1, -0.05) is 46.9 Å². The zero-order chi connectivity index (χ0) is 15.7. The molecule has 0 unspecified atom stereocenters. The summed E-state index contributed by atoms with van der Waals surface area (Å²) in [5.74, 6) is 0. The number of benzene rings is 2. The SMILES string of the molecule is Cn1c(-c2ccc(Cl)cc2)csc1=Nc1cc(Cl)ccc1Cl. The van der Waals surface area contributed by atoms with Crippen LogP contribution in [0.2, 0.25) is 15.1 Å². The van der Waals surface area contributed by atoms with Crippen LogP contribution in [0.3, 0.4) is 0 Å². The highest BCUT2D eigenvalue weighted by Gasteiger charge is 2.06. The molecule has 1 heterocycles. The van der Waals surface area contributed by atoms with Crippen molar-refractivity contribution < 1.29 is 0 Å². The summed E-state index contributed by atoms with van der Waals surface area (Å²) < 4.78 is 2.02. The Kier molecular flexibility index (Phi) is 4.59. The van der Waals surface area contributed by atoms with E-state index >= 15 is 0 Å². The molecule has 3 rings (SSSR count). The number of nitrogens with zero attached hydrogens (tertiary/aromatic N) is 2. The van der Waals surface area contributed by atoms with Crippen molar-refractivity contribution in [3.05, 3.63) is 67.7 Å². The molecule has 2 nitrogen and oxygen atoms in total. The summed E-state index contributed by atoms with van der Waals surface area (Å²) in [7, 11) is 1.97. The third-order valence-electron chi connectivity index (χ3n) is 3.19. The first-order chi connectivity index (χ1) is 10.5. The van der Waals surface area contributed by atoms with Crippen molar-refractivity contribution in [2.75, 3.05) is 0 Å². The molecule has 22 heavy (non-hydrogen) atoms. The summed E-state index contributed by atoms with van der Waals surface area (Å²) in [5, 5.41) is 3.96. The average molecular weight is 370 g/mol. The normalized spacial score (nSPS) is 11.9. The summed E-state index contributed by atoms with van der Waals surface area (Å²) >= 11 is 19.7. The molecule has 0 amide bonds. The fourth-order valence-electron chi connectivity index (χ4n) is 2.03. The molecule has 0 N–H and O–H groups in total. The Morgan fingerprint density at radius 2 is 1.64 bits per heavy atom. The van der Waals surface area contributed by atoms with Gasteiger partial charge in [-0.05, 0) is 35.9 Å². The van der Waals surface area contributed by atoms with E-state index in [2.05, 4.69) is 10.4 Å². The maximum Gasteiger partial charge on any atom is 0.190 e. The van der Waals surface area contributed by atoms with E-state index in [1.807, 2.05) is 35.9 Å². The van der Waals surface area contributed by atoms with Gasteiger partial charge in [0, 0.05) is 22.5 Å². The second kappa shape index (κ2) is 6.47. The van der Waals surface area contributed by atoms with Crippen molar-refractivity contribution in [2.45, 2.75) is 0 Å². The molecule has 0 atom stereocenters. The fourth-order valence-corrected chi connectivity index (χ4v) is 3.40. The highest BCUT2D eigenvalue weighted by Crippen LogP contribution is 2.28. The lowest BCUT2D eigenvalue weighted by Crippen LogP contribution is -2.10. The Morgan fingerprint density at radius 1 is 0.955 bits per heavy atom. The molecule has 0 aliphatic rings. The second-order valence-electron chi connectivity index (χ2n) is 4.68.